The van der Waals surface area contributed by atoms with Crippen molar-refractivity contribution in [1.29, 1.82) is 0 Å². The zero-order valence-corrected chi connectivity index (χ0v) is 9.98. The molecule has 2 rings (SSSR count). The van der Waals surface area contributed by atoms with Gasteiger partial charge in [0.2, 0.25) is 0 Å². The second kappa shape index (κ2) is 5.61. The molecular weight excluding hydrogens is 254 g/mol. The molecule has 1 fully saturated rings. The zero-order valence-electron chi connectivity index (χ0n) is 9.98. The Bertz CT molecular complexity index is 493. The summed E-state index contributed by atoms with van der Waals surface area (Å²) in [5, 5.41) is 22.5. The minimum absolute atomic E-state index is 0.115. The van der Waals surface area contributed by atoms with Crippen LogP contribution in [-0.4, -0.2) is 39.7 Å². The van der Waals surface area contributed by atoms with Gasteiger partial charge in [0.25, 0.3) is 0 Å². The summed E-state index contributed by atoms with van der Waals surface area (Å²) in [4.78, 5) is 24.7. The largest absolute Gasteiger partial charge is 0.479 e. The van der Waals surface area contributed by atoms with E-state index in [4.69, 9.17) is 9.84 Å². The van der Waals surface area contributed by atoms with E-state index in [1.807, 2.05) is 0 Å². The van der Waals surface area contributed by atoms with Crippen molar-refractivity contribution in [1.82, 2.24) is 4.98 Å². The molecule has 0 aliphatic carbocycles. The van der Waals surface area contributed by atoms with Gasteiger partial charge in [-0.1, -0.05) is 0 Å². The summed E-state index contributed by atoms with van der Waals surface area (Å²) >= 11 is 0. The van der Waals surface area contributed by atoms with Crippen LogP contribution >= 0.6 is 0 Å². The number of carbonyl (C=O) groups is 1. The van der Waals surface area contributed by atoms with Crippen LogP contribution in [0.25, 0.3) is 0 Å². The highest BCUT2D eigenvalue weighted by Gasteiger charge is 2.30. The summed E-state index contributed by atoms with van der Waals surface area (Å²) in [7, 11) is 0. The van der Waals surface area contributed by atoms with Gasteiger partial charge >= 0.3 is 11.7 Å². The van der Waals surface area contributed by atoms with Crippen molar-refractivity contribution in [3.63, 3.8) is 0 Å². The van der Waals surface area contributed by atoms with Gasteiger partial charge in [0.1, 0.15) is 11.9 Å². The molecular formula is C11H13N3O5. The van der Waals surface area contributed by atoms with Gasteiger partial charge in [-0.3, -0.25) is 15.1 Å². The highest BCUT2D eigenvalue weighted by Crippen LogP contribution is 2.24. The Kier molecular flexibility index (Phi) is 3.91. The molecule has 1 aromatic heterocycles. The van der Waals surface area contributed by atoms with Crippen molar-refractivity contribution in [2.45, 2.75) is 25.0 Å². The lowest BCUT2D eigenvalue weighted by molar-refractivity contribution is -0.384. The Morgan fingerprint density at radius 1 is 1.63 bits per heavy atom. The van der Waals surface area contributed by atoms with Crippen LogP contribution in [-0.2, 0) is 9.53 Å². The number of hydrogen-bond donors (Lipinski definition) is 2. The highest BCUT2D eigenvalue weighted by molar-refractivity contribution is 5.72. The van der Waals surface area contributed by atoms with E-state index in [1.54, 1.807) is 0 Å². The van der Waals surface area contributed by atoms with Crippen molar-refractivity contribution in [2.24, 2.45) is 0 Å². The number of aromatic nitrogens is 1. The minimum Gasteiger partial charge on any atom is -0.479 e. The molecule has 2 heterocycles. The number of hydrogen-bond acceptors (Lipinski definition) is 6. The summed E-state index contributed by atoms with van der Waals surface area (Å²) < 4.78 is 5.30. The van der Waals surface area contributed by atoms with Gasteiger partial charge in [0.15, 0.2) is 6.10 Å². The van der Waals surface area contributed by atoms with Crippen molar-refractivity contribution < 1.29 is 19.6 Å². The van der Waals surface area contributed by atoms with Crippen molar-refractivity contribution in [2.75, 3.05) is 11.9 Å². The molecule has 2 unspecified atom stereocenters. The first-order chi connectivity index (χ1) is 9.08. The van der Waals surface area contributed by atoms with Gasteiger partial charge < -0.3 is 15.2 Å². The summed E-state index contributed by atoms with van der Waals surface area (Å²) in [6.45, 7) is 0.328. The molecule has 1 aliphatic heterocycles. The van der Waals surface area contributed by atoms with Crippen molar-refractivity contribution in [3.05, 3.63) is 28.6 Å². The predicted molar refractivity (Wildman–Crippen MR) is 64.9 cm³/mol. The number of carboxylic acid groups (broad SMARTS) is 1. The Hall–Kier alpha value is -2.22. The number of nitrogens with one attached hydrogen (secondary N) is 1. The van der Waals surface area contributed by atoms with Crippen LogP contribution in [0.15, 0.2) is 18.5 Å². The van der Waals surface area contributed by atoms with Crippen LogP contribution in [0.4, 0.5) is 11.4 Å². The molecule has 0 spiro atoms. The van der Waals surface area contributed by atoms with E-state index in [-0.39, 0.29) is 11.8 Å². The Morgan fingerprint density at radius 3 is 3.05 bits per heavy atom. The van der Waals surface area contributed by atoms with Crippen LogP contribution in [0.3, 0.4) is 0 Å². The number of aliphatic carboxylic acids is 1. The fourth-order valence-corrected chi connectivity index (χ4v) is 1.94. The van der Waals surface area contributed by atoms with Gasteiger partial charge in [0, 0.05) is 12.7 Å². The molecule has 0 aromatic carbocycles. The first-order valence-corrected chi connectivity index (χ1v) is 5.78. The lowest BCUT2D eigenvalue weighted by atomic mass is 10.2. The number of ether oxygens (including phenoxy) is 1. The van der Waals surface area contributed by atoms with Crippen LogP contribution < -0.4 is 5.32 Å². The third-order valence-corrected chi connectivity index (χ3v) is 2.90. The highest BCUT2D eigenvalue weighted by atomic mass is 16.6. The predicted octanol–water partition coefficient (Wildman–Crippen LogP) is 1.03. The fourth-order valence-electron chi connectivity index (χ4n) is 1.94. The average molecular weight is 267 g/mol. The summed E-state index contributed by atoms with van der Waals surface area (Å²) in [5.41, 5.74) is 0.234. The maximum absolute atomic E-state index is 10.8. The van der Waals surface area contributed by atoms with E-state index < -0.39 is 17.0 Å². The standard InChI is InChI=1S/C11H13N3O5/c15-11(16)10-2-1-7(19-10)5-13-8-3-4-12-6-9(8)14(17)18/h3-4,6-7,10H,1-2,5H2,(H,12,13)(H,15,16). The second-order valence-electron chi connectivity index (χ2n) is 4.19. The van der Waals surface area contributed by atoms with Gasteiger partial charge in [-0.15, -0.1) is 0 Å². The van der Waals surface area contributed by atoms with E-state index in [1.165, 1.54) is 12.3 Å². The number of nitrogens with zero attached hydrogens (tertiary/aromatic N) is 2. The molecule has 102 valence electrons. The number of carboxylic acids is 1. The summed E-state index contributed by atoms with van der Waals surface area (Å²) in [6, 6.07) is 1.50. The smallest absolute Gasteiger partial charge is 0.332 e. The lowest BCUT2D eigenvalue weighted by Crippen LogP contribution is -2.24. The van der Waals surface area contributed by atoms with Crippen molar-refractivity contribution in [3.8, 4) is 0 Å². The molecule has 8 heteroatoms. The van der Waals surface area contributed by atoms with Gasteiger partial charge in [-0.25, -0.2) is 4.79 Å². The Morgan fingerprint density at radius 2 is 2.42 bits per heavy atom. The summed E-state index contributed by atoms with van der Waals surface area (Å²) in [5.74, 6) is -0.975. The molecule has 1 saturated heterocycles. The number of rotatable bonds is 5. The maximum atomic E-state index is 10.8. The monoisotopic (exact) mass is 267 g/mol. The van der Waals surface area contributed by atoms with Crippen LogP contribution in [0.2, 0.25) is 0 Å². The van der Waals surface area contributed by atoms with E-state index in [0.29, 0.717) is 25.1 Å². The zero-order chi connectivity index (χ0) is 13.8. The number of nitro groups is 1. The van der Waals surface area contributed by atoms with E-state index in [0.717, 1.165) is 6.20 Å². The maximum Gasteiger partial charge on any atom is 0.332 e. The molecule has 2 atom stereocenters. The molecule has 0 saturated carbocycles. The van der Waals surface area contributed by atoms with Gasteiger partial charge in [0.05, 0.1) is 11.0 Å². The number of anilines is 1. The molecule has 1 aromatic rings. The first kappa shape index (κ1) is 13.2. The third-order valence-electron chi connectivity index (χ3n) is 2.90. The lowest BCUT2D eigenvalue weighted by Gasteiger charge is -2.13. The normalized spacial score (nSPS) is 22.1. The van der Waals surface area contributed by atoms with Crippen LogP contribution in [0.5, 0.6) is 0 Å². The molecule has 1 aliphatic rings. The SMILES string of the molecule is O=C(O)C1CCC(CNc2ccncc2[N+](=O)[O-])O1. The molecule has 0 bridgehead atoms. The van der Waals surface area contributed by atoms with Gasteiger partial charge in [-0.2, -0.15) is 0 Å². The molecule has 2 N–H and O–H groups in total. The van der Waals surface area contributed by atoms with E-state index >= 15 is 0 Å². The molecule has 19 heavy (non-hydrogen) atoms. The molecule has 0 amide bonds. The van der Waals surface area contributed by atoms with Crippen LogP contribution in [0, 0.1) is 10.1 Å². The van der Waals surface area contributed by atoms with Crippen molar-refractivity contribution >= 4 is 17.3 Å². The average Bonchev–Trinajstić information content (AvgIpc) is 2.85. The Balaban J connectivity index is 1.93. The summed E-state index contributed by atoms with van der Waals surface area (Å²) in [6.07, 6.45) is 2.65. The molecule has 0 radical (unpaired) electrons. The topological polar surface area (TPSA) is 115 Å². The number of pyridine rings is 1. The quantitative estimate of drug-likeness (QED) is 0.604. The van der Waals surface area contributed by atoms with Gasteiger partial charge in [-0.05, 0) is 18.9 Å². The second-order valence-corrected chi connectivity index (χ2v) is 4.19. The van der Waals surface area contributed by atoms with E-state index in [9.17, 15) is 14.9 Å². The minimum atomic E-state index is -0.975. The first-order valence-electron chi connectivity index (χ1n) is 5.78. The fraction of sp³-hybridized carbons (Fsp3) is 0.455. The van der Waals surface area contributed by atoms with E-state index in [2.05, 4.69) is 10.3 Å². The Labute approximate surface area is 108 Å². The molecule has 8 nitrogen and oxygen atoms in total. The third kappa shape index (κ3) is 3.16. The van der Waals surface area contributed by atoms with Crippen LogP contribution in [0.1, 0.15) is 12.8 Å².